The first-order chi connectivity index (χ1) is 6.45. The minimum atomic E-state index is -4.43. The zero-order valence-corrected chi connectivity index (χ0v) is 7.24. The Labute approximate surface area is 78.9 Å². The van der Waals surface area contributed by atoms with E-state index in [1.165, 1.54) is 6.08 Å². The molecule has 0 aliphatic carbocycles. The van der Waals surface area contributed by atoms with Gasteiger partial charge in [0, 0.05) is 0 Å². The van der Waals surface area contributed by atoms with E-state index in [0.29, 0.717) is 0 Å². The van der Waals surface area contributed by atoms with Crippen molar-refractivity contribution in [3.63, 3.8) is 0 Å². The van der Waals surface area contributed by atoms with Crippen molar-refractivity contribution in [2.24, 2.45) is 0 Å². The number of benzene rings is 1. The van der Waals surface area contributed by atoms with E-state index in [1.54, 1.807) is 0 Å². The first-order valence-corrected chi connectivity index (χ1v) is 3.91. The Balaban J connectivity index is 3.12. The lowest BCUT2D eigenvalue weighted by Gasteiger charge is -2.08. The van der Waals surface area contributed by atoms with Crippen molar-refractivity contribution >= 4 is 0 Å². The van der Waals surface area contributed by atoms with E-state index >= 15 is 0 Å². The molecule has 1 aromatic rings. The molecule has 0 atom stereocenters. The van der Waals surface area contributed by atoms with E-state index in [0.717, 1.165) is 18.2 Å². The van der Waals surface area contributed by atoms with Gasteiger partial charge in [-0.3, -0.25) is 0 Å². The maximum atomic E-state index is 12.9. The van der Waals surface area contributed by atoms with Crippen LogP contribution in [0.2, 0.25) is 0 Å². The van der Waals surface area contributed by atoms with Crippen molar-refractivity contribution in [2.45, 2.75) is 12.6 Å². The van der Waals surface area contributed by atoms with Crippen molar-refractivity contribution in [2.75, 3.05) is 0 Å². The summed E-state index contributed by atoms with van der Waals surface area (Å²) in [6.45, 7) is 3.34. The van der Waals surface area contributed by atoms with Crippen LogP contribution in [0.25, 0.3) is 0 Å². The van der Waals surface area contributed by atoms with Crippen molar-refractivity contribution in [3.05, 3.63) is 47.8 Å². The van der Waals surface area contributed by atoms with Gasteiger partial charge >= 0.3 is 6.18 Å². The van der Waals surface area contributed by atoms with Gasteiger partial charge in [-0.25, -0.2) is 4.39 Å². The minimum absolute atomic E-state index is 0.00910. The molecular formula is C10H8F4. The van der Waals surface area contributed by atoms with Crippen LogP contribution in [-0.2, 0) is 12.6 Å². The summed E-state index contributed by atoms with van der Waals surface area (Å²) in [6.07, 6.45) is -2.97. The second kappa shape index (κ2) is 3.82. The molecule has 0 saturated heterocycles. The average molecular weight is 204 g/mol. The highest BCUT2D eigenvalue weighted by atomic mass is 19.4. The third kappa shape index (κ3) is 2.34. The molecule has 0 spiro atoms. The normalized spacial score (nSPS) is 11.4. The molecule has 76 valence electrons. The summed E-state index contributed by atoms with van der Waals surface area (Å²) in [5, 5.41) is 0. The first-order valence-electron chi connectivity index (χ1n) is 3.91. The summed E-state index contributed by atoms with van der Waals surface area (Å²) in [4.78, 5) is 0. The fourth-order valence-corrected chi connectivity index (χ4v) is 1.06. The molecule has 0 bridgehead atoms. The highest BCUT2D eigenvalue weighted by molar-refractivity contribution is 5.28. The van der Waals surface area contributed by atoms with Gasteiger partial charge in [-0.05, 0) is 30.2 Å². The van der Waals surface area contributed by atoms with Crippen LogP contribution in [-0.4, -0.2) is 0 Å². The smallest absolute Gasteiger partial charge is 0.207 e. The molecule has 0 aliphatic rings. The Bertz CT molecular complexity index is 338. The molecule has 14 heavy (non-hydrogen) atoms. The maximum Gasteiger partial charge on any atom is 0.416 e. The standard InChI is InChI=1S/C10H8F4/c1-2-3-7-6-8(10(12,13)14)4-5-9(7)11/h2,4-6H,1,3H2. The van der Waals surface area contributed by atoms with Gasteiger partial charge in [0.05, 0.1) is 5.56 Å². The molecule has 0 N–H and O–H groups in total. The Morgan fingerprint density at radius 3 is 2.43 bits per heavy atom. The van der Waals surface area contributed by atoms with E-state index in [4.69, 9.17) is 0 Å². The predicted molar refractivity (Wildman–Crippen MR) is 45.3 cm³/mol. The molecule has 0 nitrogen and oxygen atoms in total. The van der Waals surface area contributed by atoms with Gasteiger partial charge in [-0.15, -0.1) is 6.58 Å². The fraction of sp³-hybridized carbons (Fsp3) is 0.200. The molecule has 0 radical (unpaired) electrons. The number of hydrogen-bond acceptors (Lipinski definition) is 0. The zero-order valence-electron chi connectivity index (χ0n) is 7.24. The number of rotatable bonds is 2. The Hall–Kier alpha value is -1.32. The summed E-state index contributed by atoms with van der Waals surface area (Å²) in [7, 11) is 0. The summed E-state index contributed by atoms with van der Waals surface area (Å²) < 4.78 is 49.5. The summed E-state index contributed by atoms with van der Waals surface area (Å²) in [6, 6.07) is 2.35. The monoisotopic (exact) mass is 204 g/mol. The van der Waals surface area contributed by atoms with E-state index in [9.17, 15) is 17.6 Å². The van der Waals surface area contributed by atoms with Crippen LogP contribution in [0, 0.1) is 5.82 Å². The average Bonchev–Trinajstić information content (AvgIpc) is 2.07. The molecular weight excluding hydrogens is 196 g/mol. The molecule has 4 heteroatoms. The lowest BCUT2D eigenvalue weighted by molar-refractivity contribution is -0.137. The summed E-state index contributed by atoms with van der Waals surface area (Å²) in [5.74, 6) is -0.641. The van der Waals surface area contributed by atoms with Crippen molar-refractivity contribution in [3.8, 4) is 0 Å². The highest BCUT2D eigenvalue weighted by Gasteiger charge is 2.30. The van der Waals surface area contributed by atoms with Gasteiger partial charge < -0.3 is 0 Å². The van der Waals surface area contributed by atoms with Gasteiger partial charge in [0.1, 0.15) is 5.82 Å². The van der Waals surface area contributed by atoms with Crippen LogP contribution in [0.5, 0.6) is 0 Å². The predicted octanol–water partition coefficient (Wildman–Crippen LogP) is 3.57. The van der Waals surface area contributed by atoms with Gasteiger partial charge in [0.15, 0.2) is 0 Å². The van der Waals surface area contributed by atoms with E-state index in [1.807, 2.05) is 0 Å². The van der Waals surface area contributed by atoms with E-state index in [2.05, 4.69) is 6.58 Å². The second-order valence-corrected chi connectivity index (χ2v) is 2.80. The van der Waals surface area contributed by atoms with Crippen LogP contribution >= 0.6 is 0 Å². The van der Waals surface area contributed by atoms with Gasteiger partial charge in [-0.2, -0.15) is 13.2 Å². The molecule has 0 amide bonds. The topological polar surface area (TPSA) is 0 Å². The van der Waals surface area contributed by atoms with E-state index in [-0.39, 0.29) is 12.0 Å². The quantitative estimate of drug-likeness (QED) is 0.510. The number of halogens is 4. The Morgan fingerprint density at radius 2 is 1.93 bits per heavy atom. The molecule has 1 rings (SSSR count). The lowest BCUT2D eigenvalue weighted by atomic mass is 10.1. The Kier molecular flexibility index (Phi) is 2.93. The van der Waals surface area contributed by atoms with Gasteiger partial charge in [0.25, 0.3) is 0 Å². The van der Waals surface area contributed by atoms with Crippen LogP contribution in [0.1, 0.15) is 11.1 Å². The van der Waals surface area contributed by atoms with Crippen molar-refractivity contribution in [1.82, 2.24) is 0 Å². The third-order valence-electron chi connectivity index (χ3n) is 1.74. The van der Waals surface area contributed by atoms with Crippen molar-refractivity contribution < 1.29 is 17.6 Å². The Morgan fingerprint density at radius 1 is 1.29 bits per heavy atom. The maximum absolute atomic E-state index is 12.9. The van der Waals surface area contributed by atoms with Crippen LogP contribution in [0.3, 0.4) is 0 Å². The van der Waals surface area contributed by atoms with E-state index < -0.39 is 17.6 Å². The van der Waals surface area contributed by atoms with Gasteiger partial charge in [0.2, 0.25) is 0 Å². The zero-order chi connectivity index (χ0) is 10.8. The third-order valence-corrected chi connectivity index (χ3v) is 1.74. The highest BCUT2D eigenvalue weighted by Crippen LogP contribution is 2.30. The largest absolute Gasteiger partial charge is 0.416 e. The fourth-order valence-electron chi connectivity index (χ4n) is 1.06. The molecule has 0 aliphatic heterocycles. The number of allylic oxidation sites excluding steroid dienone is 1. The summed E-state index contributed by atoms with van der Waals surface area (Å²) in [5.41, 5.74) is -0.828. The molecule has 0 saturated carbocycles. The molecule has 0 fully saturated rings. The van der Waals surface area contributed by atoms with Crippen molar-refractivity contribution in [1.29, 1.82) is 0 Å². The SMILES string of the molecule is C=CCc1cc(C(F)(F)F)ccc1F. The molecule has 1 aromatic carbocycles. The van der Waals surface area contributed by atoms with Crippen LogP contribution in [0.15, 0.2) is 30.9 Å². The van der Waals surface area contributed by atoms with Crippen LogP contribution in [0.4, 0.5) is 17.6 Å². The first kappa shape index (κ1) is 10.8. The molecule has 0 heterocycles. The molecule has 0 aromatic heterocycles. The minimum Gasteiger partial charge on any atom is -0.207 e. The molecule has 0 unspecified atom stereocenters. The second-order valence-electron chi connectivity index (χ2n) is 2.80. The number of alkyl halides is 3. The summed E-state index contributed by atoms with van der Waals surface area (Å²) >= 11 is 0. The lowest BCUT2D eigenvalue weighted by Crippen LogP contribution is -2.06. The van der Waals surface area contributed by atoms with Gasteiger partial charge in [-0.1, -0.05) is 6.08 Å². The number of hydrogen-bond donors (Lipinski definition) is 0. The van der Waals surface area contributed by atoms with Crippen LogP contribution < -0.4 is 0 Å².